The molecule has 0 saturated carbocycles. The largest absolute Gasteiger partial charge is 0.468 e. The molecule has 1 spiro atoms. The van der Waals surface area contributed by atoms with Gasteiger partial charge in [-0.2, -0.15) is 0 Å². The van der Waals surface area contributed by atoms with Crippen LogP contribution in [0.5, 0.6) is 0 Å². The number of methoxy groups -OCH3 is 1. The van der Waals surface area contributed by atoms with Gasteiger partial charge in [-0.3, -0.25) is 14.4 Å². The van der Waals surface area contributed by atoms with Crippen molar-refractivity contribution in [1.29, 1.82) is 0 Å². The maximum absolute atomic E-state index is 14.3. The first-order valence-corrected chi connectivity index (χ1v) is 12.6. The maximum atomic E-state index is 14.3. The smallest absolute Gasteiger partial charge is 0.346 e. The number of ketones is 1. The first kappa shape index (κ1) is 23.2. The minimum absolute atomic E-state index is 0.0521. The molecule has 0 aliphatic carbocycles. The van der Waals surface area contributed by atoms with Gasteiger partial charge < -0.3 is 23.7 Å². The number of carbonyl (C=O) groups is 4. The van der Waals surface area contributed by atoms with Crippen LogP contribution >= 0.6 is 0 Å². The lowest BCUT2D eigenvalue weighted by atomic mass is 9.49. The standard InChI is InChI=1S/C27H30N2O7/c1-5-24-12-9-13-29-19(30)14-17-16-10-7-8-11-18(16)28(3)20(17)25(22(32)34-4)15-26(21(24)31,23(33)35-6-2)36-27(24,25)29/h7-8,10-11H,5-6,9,12-15H2,1-4H3/t24-,25+,26-,27-/m1/s1. The molecular weight excluding hydrogens is 464 g/mol. The predicted octanol–water partition coefficient (Wildman–Crippen LogP) is 2.17. The summed E-state index contributed by atoms with van der Waals surface area (Å²) in [6, 6.07) is 7.66. The molecule has 2 bridgehead atoms. The van der Waals surface area contributed by atoms with E-state index in [-0.39, 0.29) is 25.4 Å². The van der Waals surface area contributed by atoms with Crippen molar-refractivity contribution in [3.63, 3.8) is 0 Å². The molecule has 0 unspecified atom stereocenters. The molecule has 4 aliphatic rings. The highest BCUT2D eigenvalue weighted by atomic mass is 16.6. The topological polar surface area (TPSA) is 104 Å². The van der Waals surface area contributed by atoms with E-state index in [1.807, 2.05) is 42.8 Å². The molecule has 1 amide bonds. The third-order valence-electron chi connectivity index (χ3n) is 9.22. The number of carbonyl (C=O) groups excluding carboxylic acids is 4. The summed E-state index contributed by atoms with van der Waals surface area (Å²) in [5, 5.41) is 0.851. The predicted molar refractivity (Wildman–Crippen MR) is 127 cm³/mol. The Morgan fingerprint density at radius 3 is 2.58 bits per heavy atom. The Kier molecular flexibility index (Phi) is 4.63. The molecule has 1 aromatic carbocycles. The fourth-order valence-electron chi connectivity index (χ4n) is 8.06. The van der Waals surface area contributed by atoms with Gasteiger partial charge in [-0.25, -0.2) is 4.79 Å². The average molecular weight is 495 g/mol. The van der Waals surface area contributed by atoms with Gasteiger partial charge in [-0.15, -0.1) is 0 Å². The highest BCUT2D eigenvalue weighted by Crippen LogP contribution is 2.73. The van der Waals surface area contributed by atoms with E-state index in [1.54, 1.807) is 11.8 Å². The number of aromatic nitrogens is 1. The minimum atomic E-state index is -2.01. The summed E-state index contributed by atoms with van der Waals surface area (Å²) in [7, 11) is 3.15. The van der Waals surface area contributed by atoms with Crippen molar-refractivity contribution in [3.8, 4) is 0 Å². The molecule has 3 saturated heterocycles. The number of esters is 2. The summed E-state index contributed by atoms with van der Waals surface area (Å²) < 4.78 is 19.5. The number of ether oxygens (including phenoxy) is 3. The Morgan fingerprint density at radius 1 is 1.14 bits per heavy atom. The molecule has 3 fully saturated rings. The van der Waals surface area contributed by atoms with Crippen molar-refractivity contribution < 1.29 is 33.4 Å². The van der Waals surface area contributed by atoms with Crippen LogP contribution in [0.15, 0.2) is 24.3 Å². The molecular formula is C27H30N2O7. The molecule has 0 N–H and O–H groups in total. The molecule has 5 heterocycles. The molecule has 2 aromatic rings. The molecule has 36 heavy (non-hydrogen) atoms. The van der Waals surface area contributed by atoms with E-state index in [4.69, 9.17) is 14.2 Å². The summed E-state index contributed by atoms with van der Waals surface area (Å²) in [4.78, 5) is 57.7. The molecule has 190 valence electrons. The summed E-state index contributed by atoms with van der Waals surface area (Å²) in [5.41, 5.74) is -4.44. The second-order valence-corrected chi connectivity index (χ2v) is 10.4. The lowest BCUT2D eigenvalue weighted by molar-refractivity contribution is -0.232. The molecule has 4 aliphatic heterocycles. The van der Waals surface area contributed by atoms with Crippen LogP contribution in [0.2, 0.25) is 0 Å². The van der Waals surface area contributed by atoms with Crippen LogP contribution in [-0.4, -0.2) is 64.7 Å². The van der Waals surface area contributed by atoms with Crippen LogP contribution in [0.4, 0.5) is 0 Å². The van der Waals surface area contributed by atoms with Gasteiger partial charge in [0.25, 0.3) is 0 Å². The van der Waals surface area contributed by atoms with Crippen molar-refractivity contribution in [2.24, 2.45) is 12.5 Å². The number of nitrogens with zero attached hydrogens (tertiary/aromatic N) is 2. The van der Waals surface area contributed by atoms with Crippen LogP contribution < -0.4 is 0 Å². The number of para-hydroxylation sites is 1. The van der Waals surface area contributed by atoms with Crippen LogP contribution in [0.25, 0.3) is 10.9 Å². The fraction of sp³-hybridized carbons (Fsp3) is 0.556. The fourth-order valence-corrected chi connectivity index (χ4v) is 8.06. The lowest BCUT2D eigenvalue weighted by Gasteiger charge is -2.58. The van der Waals surface area contributed by atoms with E-state index in [0.29, 0.717) is 37.1 Å². The minimum Gasteiger partial charge on any atom is -0.468 e. The highest BCUT2D eigenvalue weighted by molar-refractivity contribution is 6.16. The van der Waals surface area contributed by atoms with Gasteiger partial charge in [0.05, 0.1) is 25.6 Å². The number of rotatable bonds is 4. The van der Waals surface area contributed by atoms with E-state index < -0.39 is 39.9 Å². The number of aryl methyl sites for hydroxylation is 1. The number of hydrogen-bond donors (Lipinski definition) is 0. The Balaban J connectivity index is 1.81. The monoisotopic (exact) mass is 494 g/mol. The second-order valence-electron chi connectivity index (χ2n) is 10.4. The Labute approximate surface area is 208 Å². The average Bonchev–Trinajstić information content (AvgIpc) is 3.41. The molecule has 9 heteroatoms. The Hall–Kier alpha value is -3.20. The summed E-state index contributed by atoms with van der Waals surface area (Å²) in [5.74, 6) is -2.05. The number of amides is 1. The van der Waals surface area contributed by atoms with Gasteiger partial charge in [0.1, 0.15) is 0 Å². The maximum Gasteiger partial charge on any atom is 0.346 e. The van der Waals surface area contributed by atoms with Gasteiger partial charge in [0.2, 0.25) is 11.5 Å². The van der Waals surface area contributed by atoms with Crippen LogP contribution in [0, 0.1) is 5.41 Å². The van der Waals surface area contributed by atoms with Crippen molar-refractivity contribution >= 4 is 34.5 Å². The van der Waals surface area contributed by atoms with Crippen LogP contribution in [-0.2, 0) is 52.3 Å². The number of fused-ring (bicyclic) bond motifs is 5. The zero-order valence-electron chi connectivity index (χ0n) is 21.0. The zero-order valence-corrected chi connectivity index (χ0v) is 21.0. The summed E-state index contributed by atoms with van der Waals surface area (Å²) in [6.07, 6.45) is 1.04. The van der Waals surface area contributed by atoms with E-state index in [9.17, 15) is 19.2 Å². The second kappa shape index (κ2) is 7.18. The third-order valence-corrected chi connectivity index (χ3v) is 9.22. The lowest BCUT2D eigenvalue weighted by Crippen LogP contribution is -2.76. The van der Waals surface area contributed by atoms with Gasteiger partial charge in [-0.05, 0) is 37.8 Å². The van der Waals surface area contributed by atoms with Crippen molar-refractivity contribution in [1.82, 2.24) is 9.47 Å². The van der Waals surface area contributed by atoms with Gasteiger partial charge in [-0.1, -0.05) is 25.1 Å². The normalized spacial score (nSPS) is 34.4. The number of hydrogen-bond acceptors (Lipinski definition) is 7. The molecule has 0 radical (unpaired) electrons. The third kappa shape index (κ3) is 2.15. The quantitative estimate of drug-likeness (QED) is 0.474. The Bertz CT molecular complexity index is 1360. The number of Topliss-reactive ketones (excluding diaryl/α,β-unsaturated/α-hetero) is 1. The van der Waals surface area contributed by atoms with Gasteiger partial charge >= 0.3 is 11.9 Å². The van der Waals surface area contributed by atoms with Crippen molar-refractivity contribution in [3.05, 3.63) is 35.5 Å². The molecule has 6 rings (SSSR count). The number of benzene rings is 1. The summed E-state index contributed by atoms with van der Waals surface area (Å²) in [6.45, 7) is 3.89. The summed E-state index contributed by atoms with van der Waals surface area (Å²) >= 11 is 0. The van der Waals surface area contributed by atoms with E-state index in [0.717, 1.165) is 10.9 Å². The van der Waals surface area contributed by atoms with E-state index in [2.05, 4.69) is 0 Å². The highest BCUT2D eigenvalue weighted by Gasteiger charge is 2.91. The van der Waals surface area contributed by atoms with Crippen molar-refractivity contribution in [2.75, 3.05) is 20.3 Å². The SMILES string of the molecule is CCOC(=O)[C@@]12C[C@@]3(C(=O)OC)c4c(c5ccccc5n4C)CC(=O)N4CCC[C@](CC)(C1=O)[C@]43O2. The van der Waals surface area contributed by atoms with Crippen LogP contribution in [0.1, 0.15) is 50.8 Å². The molecule has 1 aromatic heterocycles. The molecule has 4 atom stereocenters. The first-order chi connectivity index (χ1) is 17.2. The first-order valence-electron chi connectivity index (χ1n) is 12.6. The molecule has 9 nitrogen and oxygen atoms in total. The number of piperidine rings is 1. The Morgan fingerprint density at radius 2 is 1.89 bits per heavy atom. The zero-order chi connectivity index (χ0) is 25.7. The van der Waals surface area contributed by atoms with Crippen LogP contribution in [0.3, 0.4) is 0 Å². The van der Waals surface area contributed by atoms with E-state index in [1.165, 1.54) is 7.11 Å². The van der Waals surface area contributed by atoms with Crippen molar-refractivity contribution in [2.45, 2.75) is 62.7 Å². The van der Waals surface area contributed by atoms with Gasteiger partial charge in [0.15, 0.2) is 16.9 Å². The van der Waals surface area contributed by atoms with Gasteiger partial charge in [0, 0.05) is 36.6 Å². The van der Waals surface area contributed by atoms with E-state index >= 15 is 0 Å².